The summed E-state index contributed by atoms with van der Waals surface area (Å²) in [5.41, 5.74) is 2.10. The summed E-state index contributed by atoms with van der Waals surface area (Å²) in [7, 11) is -4.39. The predicted molar refractivity (Wildman–Crippen MR) is 132 cm³/mol. The topological polar surface area (TPSA) is 208 Å². The van der Waals surface area contributed by atoms with Crippen molar-refractivity contribution in [3.63, 3.8) is 0 Å². The number of carbonyl (C=O) groups is 1. The molecule has 1 aliphatic heterocycles. The van der Waals surface area contributed by atoms with Crippen molar-refractivity contribution < 1.29 is 38.1 Å². The second-order valence-corrected chi connectivity index (χ2v) is 10.5. The Labute approximate surface area is 218 Å². The number of hydrogen-bond donors (Lipinski definition) is 4. The van der Waals surface area contributed by atoms with Gasteiger partial charge in [0.05, 0.1) is 12.2 Å². The Hall–Kier alpha value is -3.31. The van der Waals surface area contributed by atoms with E-state index in [0.717, 1.165) is 6.20 Å². The lowest BCUT2D eigenvalue weighted by Crippen LogP contribution is -2.49. The number of rotatable bonds is 10. The third-order valence-corrected chi connectivity index (χ3v) is 7.28. The first kappa shape index (κ1) is 29.2. The predicted octanol–water partition coefficient (Wildman–Crippen LogP) is 0.644. The monoisotopic (exact) mass is 551 g/mol. The van der Waals surface area contributed by atoms with E-state index in [1.165, 1.54) is 32.0 Å². The van der Waals surface area contributed by atoms with Gasteiger partial charge in [0.15, 0.2) is 0 Å². The molecule has 14 nitrogen and oxygen atoms in total. The SMILES string of the molecule is CC(C)OC(=O)[C@H](C)N[P@@](=O)(Oc1ccccc1)OC(C)[C@H]1O[C@@](C#N)(n2ccc(N)nc2=O)[C@H](O)[C@@H]1O. The second-order valence-electron chi connectivity index (χ2n) is 8.88. The number of ether oxygens (including phenoxy) is 2. The van der Waals surface area contributed by atoms with Crippen molar-refractivity contribution in [3.8, 4) is 11.8 Å². The molecule has 1 aliphatic rings. The minimum absolute atomic E-state index is 0.129. The van der Waals surface area contributed by atoms with Crippen molar-refractivity contribution in [1.29, 1.82) is 5.26 Å². The number of nitrogens with one attached hydrogen (secondary N) is 1. The zero-order valence-electron chi connectivity index (χ0n) is 21.1. The number of para-hydroxylation sites is 1. The van der Waals surface area contributed by atoms with Gasteiger partial charge in [0.2, 0.25) is 0 Å². The number of anilines is 1. The van der Waals surface area contributed by atoms with Crippen molar-refractivity contribution in [3.05, 3.63) is 53.1 Å². The molecule has 1 aromatic carbocycles. The average Bonchev–Trinajstić information content (AvgIpc) is 3.10. The van der Waals surface area contributed by atoms with Crippen LogP contribution in [0.25, 0.3) is 0 Å². The van der Waals surface area contributed by atoms with Crippen LogP contribution in [0.1, 0.15) is 27.7 Å². The summed E-state index contributed by atoms with van der Waals surface area (Å²) >= 11 is 0. The Morgan fingerprint density at radius 3 is 2.50 bits per heavy atom. The van der Waals surface area contributed by atoms with Gasteiger partial charge in [0.1, 0.15) is 42.0 Å². The maximum atomic E-state index is 13.8. The molecule has 0 radical (unpaired) electrons. The highest BCUT2D eigenvalue weighted by Crippen LogP contribution is 2.48. The second kappa shape index (κ2) is 11.6. The largest absolute Gasteiger partial charge is 0.462 e. The smallest absolute Gasteiger partial charge is 0.459 e. The normalized spacial score (nSPS) is 26.2. The molecule has 2 aromatic rings. The minimum atomic E-state index is -4.39. The highest BCUT2D eigenvalue weighted by molar-refractivity contribution is 7.52. The molecule has 2 heterocycles. The van der Waals surface area contributed by atoms with E-state index in [9.17, 15) is 29.6 Å². The zero-order valence-corrected chi connectivity index (χ0v) is 22.0. The van der Waals surface area contributed by atoms with Gasteiger partial charge in [0, 0.05) is 6.20 Å². The molecule has 3 rings (SSSR count). The Morgan fingerprint density at radius 2 is 1.92 bits per heavy atom. The van der Waals surface area contributed by atoms with Gasteiger partial charge in [-0.2, -0.15) is 15.3 Å². The molecule has 5 N–H and O–H groups in total. The summed E-state index contributed by atoms with van der Waals surface area (Å²) in [5, 5.41) is 33.9. The number of aliphatic hydroxyl groups excluding tert-OH is 2. The van der Waals surface area contributed by atoms with Crippen LogP contribution in [-0.4, -0.2) is 62.3 Å². The first-order valence-electron chi connectivity index (χ1n) is 11.6. The number of nitriles is 1. The summed E-state index contributed by atoms with van der Waals surface area (Å²) in [5.74, 6) is -0.714. The minimum Gasteiger partial charge on any atom is -0.462 e. The number of aliphatic hydroxyl groups is 2. The van der Waals surface area contributed by atoms with Crippen molar-refractivity contribution in [2.75, 3.05) is 5.73 Å². The quantitative estimate of drug-likeness (QED) is 0.236. The maximum absolute atomic E-state index is 13.8. The molecule has 1 fully saturated rings. The van der Waals surface area contributed by atoms with Gasteiger partial charge in [-0.05, 0) is 45.9 Å². The van der Waals surface area contributed by atoms with E-state index in [2.05, 4.69) is 10.1 Å². The molecule has 0 aliphatic carbocycles. The van der Waals surface area contributed by atoms with Gasteiger partial charge < -0.3 is 29.9 Å². The molecule has 0 spiro atoms. The molecule has 15 heteroatoms. The molecule has 206 valence electrons. The molecular weight excluding hydrogens is 521 g/mol. The van der Waals surface area contributed by atoms with Gasteiger partial charge in [-0.1, -0.05) is 18.2 Å². The molecule has 1 unspecified atom stereocenters. The van der Waals surface area contributed by atoms with Crippen LogP contribution in [0, 0.1) is 11.3 Å². The Balaban J connectivity index is 1.90. The summed E-state index contributed by atoms with van der Waals surface area (Å²) in [6, 6.07) is 9.74. The number of nitrogens with two attached hydrogens (primary N) is 1. The number of nitrogens with zero attached hydrogens (tertiary/aromatic N) is 3. The lowest BCUT2D eigenvalue weighted by molar-refractivity contribution is -0.149. The molecule has 0 saturated carbocycles. The van der Waals surface area contributed by atoms with Crippen LogP contribution < -0.4 is 21.0 Å². The van der Waals surface area contributed by atoms with E-state index in [1.54, 1.807) is 38.1 Å². The van der Waals surface area contributed by atoms with E-state index < -0.39 is 61.7 Å². The zero-order chi connectivity index (χ0) is 28.3. The van der Waals surface area contributed by atoms with Crippen LogP contribution in [0.15, 0.2) is 47.4 Å². The molecule has 1 aromatic heterocycles. The highest BCUT2D eigenvalue weighted by Gasteiger charge is 2.59. The summed E-state index contributed by atoms with van der Waals surface area (Å²) < 4.78 is 36.6. The first-order valence-corrected chi connectivity index (χ1v) is 13.2. The molecule has 0 amide bonds. The van der Waals surface area contributed by atoms with Gasteiger partial charge in [0.25, 0.3) is 5.72 Å². The van der Waals surface area contributed by atoms with Crippen molar-refractivity contribution in [1.82, 2.24) is 14.6 Å². The fourth-order valence-electron chi connectivity index (χ4n) is 3.75. The first-order chi connectivity index (χ1) is 17.8. The lowest BCUT2D eigenvalue weighted by atomic mass is 10.0. The van der Waals surface area contributed by atoms with Gasteiger partial charge in [-0.15, -0.1) is 0 Å². The molecule has 1 saturated heterocycles. The summed E-state index contributed by atoms with van der Waals surface area (Å²) in [6.07, 6.45) is -5.86. The standard InChI is InChI=1S/C23H30N5O9P/c1-13(2)34-21(31)14(3)27-38(33,37-16-8-6-5-7-9-16)36-15(4)19-18(29)20(30)23(12-24,35-19)28-11-10-17(25)26-22(28)32/h5-11,13-15,18-20,29-30H,1-4H3,(H,27,33)(H2,25,26,32)/t14-,15?,18+,19+,20+,23+,38-/m0/s1. The van der Waals surface area contributed by atoms with Crippen LogP contribution in [0.3, 0.4) is 0 Å². The van der Waals surface area contributed by atoms with Crippen molar-refractivity contribution in [2.24, 2.45) is 0 Å². The fraction of sp³-hybridized carbons (Fsp3) is 0.478. The number of esters is 1. The van der Waals surface area contributed by atoms with E-state index in [1.807, 2.05) is 0 Å². The average molecular weight is 551 g/mol. The molecule has 38 heavy (non-hydrogen) atoms. The van der Waals surface area contributed by atoms with E-state index >= 15 is 0 Å². The van der Waals surface area contributed by atoms with Crippen LogP contribution in [0.4, 0.5) is 5.82 Å². The van der Waals surface area contributed by atoms with Gasteiger partial charge in [-0.3, -0.25) is 13.9 Å². The van der Waals surface area contributed by atoms with Crippen LogP contribution in [0.5, 0.6) is 5.75 Å². The highest BCUT2D eigenvalue weighted by atomic mass is 31.2. The molecule has 7 atom stereocenters. The summed E-state index contributed by atoms with van der Waals surface area (Å²) in [4.78, 5) is 28.3. The van der Waals surface area contributed by atoms with E-state index in [4.69, 9.17) is 24.3 Å². The lowest BCUT2D eigenvalue weighted by Gasteiger charge is -2.29. The molecule has 0 bridgehead atoms. The number of benzene rings is 1. The van der Waals surface area contributed by atoms with E-state index in [-0.39, 0.29) is 11.6 Å². The number of nitrogen functional groups attached to an aromatic ring is 1. The number of aromatic nitrogens is 2. The third kappa shape index (κ3) is 6.21. The summed E-state index contributed by atoms with van der Waals surface area (Å²) in [6.45, 7) is 6.04. The van der Waals surface area contributed by atoms with Crippen LogP contribution in [0.2, 0.25) is 0 Å². The van der Waals surface area contributed by atoms with Gasteiger partial charge >= 0.3 is 19.4 Å². The fourth-order valence-corrected chi connectivity index (χ4v) is 5.44. The van der Waals surface area contributed by atoms with E-state index in [0.29, 0.717) is 4.57 Å². The van der Waals surface area contributed by atoms with Crippen molar-refractivity contribution >= 4 is 19.5 Å². The third-order valence-electron chi connectivity index (χ3n) is 5.51. The Bertz CT molecular complexity index is 1280. The Kier molecular flexibility index (Phi) is 8.94. The Morgan fingerprint density at radius 1 is 1.26 bits per heavy atom. The van der Waals surface area contributed by atoms with Crippen molar-refractivity contribution in [2.45, 2.75) is 70.0 Å². The number of hydrogen-bond acceptors (Lipinski definition) is 12. The van der Waals surface area contributed by atoms with Crippen LogP contribution >= 0.6 is 7.75 Å². The maximum Gasteiger partial charge on any atom is 0.459 e. The molecular formula is C23H30N5O9P. The van der Waals surface area contributed by atoms with Crippen LogP contribution in [-0.2, 0) is 29.1 Å². The number of carbonyl (C=O) groups excluding carboxylic acids is 1. The van der Waals surface area contributed by atoms with Gasteiger partial charge in [-0.25, -0.2) is 9.36 Å².